The minimum absolute atomic E-state index is 0.0648. The third-order valence-corrected chi connectivity index (χ3v) is 9.00. The van der Waals surface area contributed by atoms with Gasteiger partial charge in [-0.1, -0.05) is 48.6 Å². The Morgan fingerprint density at radius 2 is 1.87 bits per heavy atom. The lowest BCUT2D eigenvalue weighted by atomic mass is 9.91. The van der Waals surface area contributed by atoms with Crippen molar-refractivity contribution in [2.45, 2.75) is 89.3 Å². The van der Waals surface area contributed by atoms with E-state index in [0.717, 1.165) is 41.7 Å². The zero-order valence-electron chi connectivity index (χ0n) is 26.9. The minimum Gasteiger partial charge on any atom is -0.392 e. The van der Waals surface area contributed by atoms with Gasteiger partial charge in [-0.3, -0.25) is 24.4 Å². The molecule has 9 nitrogen and oxygen atoms in total. The molecule has 1 saturated heterocycles. The fraction of sp³-hybridized carbons (Fsp3) is 0.528. The number of aliphatic hydroxyl groups excluding tert-OH is 2. The number of piperazine rings is 1. The van der Waals surface area contributed by atoms with Crippen LogP contribution in [0.25, 0.3) is 0 Å². The van der Waals surface area contributed by atoms with E-state index in [0.29, 0.717) is 32.5 Å². The van der Waals surface area contributed by atoms with Gasteiger partial charge in [0, 0.05) is 63.0 Å². The first kappa shape index (κ1) is 33.0. The maximum absolute atomic E-state index is 13.8. The quantitative estimate of drug-likeness (QED) is 0.307. The molecular formula is C36H49N5O4. The third kappa shape index (κ3) is 9.10. The van der Waals surface area contributed by atoms with Crippen LogP contribution in [-0.2, 0) is 22.6 Å². The molecule has 4 N–H and O–H groups in total. The predicted octanol–water partition coefficient (Wildman–Crippen LogP) is 2.99. The van der Waals surface area contributed by atoms with Gasteiger partial charge in [0.25, 0.3) is 0 Å². The maximum atomic E-state index is 13.8. The van der Waals surface area contributed by atoms with Crippen molar-refractivity contribution in [3.63, 3.8) is 0 Å². The molecule has 242 valence electrons. The number of nitrogens with zero attached hydrogens (tertiary/aromatic N) is 3. The van der Waals surface area contributed by atoms with Gasteiger partial charge in [0.15, 0.2) is 0 Å². The number of amides is 2. The Hall–Kier alpha value is -3.37. The van der Waals surface area contributed by atoms with Crippen LogP contribution in [0.5, 0.6) is 0 Å². The summed E-state index contributed by atoms with van der Waals surface area (Å²) in [6.07, 6.45) is 9.36. The first-order valence-electron chi connectivity index (χ1n) is 16.3. The minimum atomic E-state index is -0.819. The fourth-order valence-electron chi connectivity index (χ4n) is 6.86. The lowest BCUT2D eigenvalue weighted by molar-refractivity contribution is -0.132. The largest absolute Gasteiger partial charge is 0.392 e. The zero-order valence-corrected chi connectivity index (χ0v) is 26.9. The van der Waals surface area contributed by atoms with Gasteiger partial charge in [-0.15, -0.1) is 0 Å². The molecular weight excluding hydrogens is 566 g/mol. The van der Waals surface area contributed by atoms with Crippen molar-refractivity contribution < 1.29 is 19.8 Å². The Labute approximate surface area is 267 Å². The molecule has 5 atom stereocenters. The lowest BCUT2D eigenvalue weighted by Gasteiger charge is -2.42. The summed E-state index contributed by atoms with van der Waals surface area (Å²) in [6, 6.07) is 13.0. The summed E-state index contributed by atoms with van der Waals surface area (Å²) in [5.41, 5.74) is 3.97. The number of rotatable bonds is 11. The van der Waals surface area contributed by atoms with Crippen LogP contribution in [0.1, 0.15) is 57.6 Å². The number of nitrogens with one attached hydrogen (secondary N) is 2. The highest BCUT2D eigenvalue weighted by atomic mass is 16.3. The summed E-state index contributed by atoms with van der Waals surface area (Å²) in [7, 11) is 0. The van der Waals surface area contributed by atoms with Crippen molar-refractivity contribution in [1.82, 2.24) is 25.4 Å². The second-order valence-electron chi connectivity index (χ2n) is 13.9. The first-order valence-corrected chi connectivity index (χ1v) is 16.3. The Kier molecular flexibility index (Phi) is 10.9. The highest BCUT2D eigenvalue weighted by Crippen LogP contribution is 2.34. The Morgan fingerprint density at radius 1 is 1.09 bits per heavy atom. The number of aromatic nitrogens is 1. The van der Waals surface area contributed by atoms with Crippen LogP contribution in [0.3, 0.4) is 0 Å². The van der Waals surface area contributed by atoms with Gasteiger partial charge in [-0.2, -0.15) is 0 Å². The summed E-state index contributed by atoms with van der Waals surface area (Å²) in [5.74, 6) is -0.717. The Bertz CT molecular complexity index is 1360. The molecule has 0 spiro atoms. The molecule has 1 aromatic heterocycles. The van der Waals surface area contributed by atoms with Crippen LogP contribution >= 0.6 is 0 Å². The second-order valence-corrected chi connectivity index (χ2v) is 13.9. The molecule has 1 fully saturated rings. The van der Waals surface area contributed by atoms with Crippen molar-refractivity contribution in [3.8, 4) is 0 Å². The topological polar surface area (TPSA) is 118 Å². The average molecular weight is 616 g/mol. The molecule has 1 aliphatic heterocycles. The van der Waals surface area contributed by atoms with Gasteiger partial charge in [0.05, 0.1) is 18.2 Å². The molecule has 2 aromatic rings. The van der Waals surface area contributed by atoms with Gasteiger partial charge in [0.2, 0.25) is 11.8 Å². The molecule has 0 saturated carbocycles. The van der Waals surface area contributed by atoms with E-state index in [9.17, 15) is 19.8 Å². The number of β-amino-alcohol motifs (C(OH)–C–C–N with tert-alkyl or cyclic N) is 1. The number of hydrogen-bond donors (Lipinski definition) is 4. The normalized spacial score (nSPS) is 23.8. The number of carbonyl (C=O) groups excluding carboxylic acids is 2. The van der Waals surface area contributed by atoms with Crippen LogP contribution in [0.2, 0.25) is 0 Å². The van der Waals surface area contributed by atoms with Gasteiger partial charge in [-0.25, -0.2) is 0 Å². The molecule has 1 unspecified atom stereocenters. The van der Waals surface area contributed by atoms with E-state index < -0.39 is 30.2 Å². The number of allylic oxidation sites excluding steroid dienone is 2. The first-order chi connectivity index (χ1) is 21.6. The number of benzene rings is 1. The van der Waals surface area contributed by atoms with Crippen LogP contribution in [0.15, 0.2) is 78.2 Å². The predicted molar refractivity (Wildman–Crippen MR) is 175 cm³/mol. The number of pyridine rings is 1. The van der Waals surface area contributed by atoms with Gasteiger partial charge in [0.1, 0.15) is 6.04 Å². The highest BCUT2D eigenvalue weighted by molar-refractivity contribution is 5.83. The second kappa shape index (κ2) is 14.8. The molecule has 2 amide bonds. The van der Waals surface area contributed by atoms with E-state index in [1.807, 2.05) is 69.4 Å². The van der Waals surface area contributed by atoms with E-state index in [1.54, 1.807) is 6.20 Å². The molecule has 2 aliphatic carbocycles. The summed E-state index contributed by atoms with van der Waals surface area (Å²) < 4.78 is 0. The molecule has 45 heavy (non-hydrogen) atoms. The van der Waals surface area contributed by atoms with Crippen molar-refractivity contribution in [3.05, 3.63) is 89.3 Å². The van der Waals surface area contributed by atoms with Crippen molar-refractivity contribution in [1.29, 1.82) is 0 Å². The molecule has 0 bridgehead atoms. The van der Waals surface area contributed by atoms with Crippen LogP contribution in [0.4, 0.5) is 0 Å². The average Bonchev–Trinajstić information content (AvgIpc) is 3.32. The molecule has 0 radical (unpaired) electrons. The van der Waals surface area contributed by atoms with E-state index in [-0.39, 0.29) is 30.3 Å². The molecule has 9 heteroatoms. The summed E-state index contributed by atoms with van der Waals surface area (Å²) >= 11 is 0. The monoisotopic (exact) mass is 615 g/mol. The summed E-state index contributed by atoms with van der Waals surface area (Å²) in [4.78, 5) is 35.9. The number of aliphatic hydroxyl groups is 2. The lowest BCUT2D eigenvalue weighted by Crippen LogP contribution is -2.62. The summed E-state index contributed by atoms with van der Waals surface area (Å²) in [6.45, 7) is 8.79. The fourth-order valence-corrected chi connectivity index (χ4v) is 6.86. The standard InChI is InChI=1S/C36H49N5O4/c1-36(2,3)39-35(45)31-24-40(22-26-12-9-15-37-21-26)16-17-41(31)23-29(42)19-28(18-25-10-5-4-6-11-25)34(44)38-33-30-14-8-7-13-27(30)20-32(33)43/h4-7,9-13,15,21,28-29,31-33,42-43H,8,14,16-20,22-24H2,1-3H3,(H,38,44)(H,39,45)/t28-,29+,31+,32-,33?/m1/s1. The van der Waals surface area contributed by atoms with Crippen LogP contribution in [-0.4, -0.2) is 92.8 Å². The zero-order chi connectivity index (χ0) is 32.0. The van der Waals surface area contributed by atoms with Crippen molar-refractivity contribution in [2.24, 2.45) is 5.92 Å². The van der Waals surface area contributed by atoms with Gasteiger partial charge < -0.3 is 20.8 Å². The molecule has 2 heterocycles. The number of hydrogen-bond acceptors (Lipinski definition) is 7. The van der Waals surface area contributed by atoms with Crippen molar-refractivity contribution in [2.75, 3.05) is 26.2 Å². The number of carbonyl (C=O) groups is 2. The van der Waals surface area contributed by atoms with E-state index in [2.05, 4.69) is 37.6 Å². The van der Waals surface area contributed by atoms with E-state index in [4.69, 9.17) is 0 Å². The Morgan fingerprint density at radius 3 is 2.60 bits per heavy atom. The van der Waals surface area contributed by atoms with Crippen molar-refractivity contribution >= 4 is 11.8 Å². The van der Waals surface area contributed by atoms with E-state index >= 15 is 0 Å². The van der Waals surface area contributed by atoms with Gasteiger partial charge in [-0.05, 0) is 74.8 Å². The molecule has 5 rings (SSSR count). The van der Waals surface area contributed by atoms with E-state index in [1.165, 1.54) is 0 Å². The molecule has 3 aliphatic rings. The SMILES string of the molecule is CC(C)(C)NC(=O)[C@@H]1CN(Cc2cccnc2)CCN1C[C@@H](O)C[C@@H](Cc1ccccc1)C(=O)NC1C2=C(C=CCC2)C[C@H]1O. The highest BCUT2D eigenvalue weighted by Gasteiger charge is 2.38. The summed E-state index contributed by atoms with van der Waals surface area (Å²) in [5, 5.41) is 28.6. The van der Waals surface area contributed by atoms with Gasteiger partial charge >= 0.3 is 0 Å². The Balaban J connectivity index is 1.28. The third-order valence-electron chi connectivity index (χ3n) is 9.00. The van der Waals surface area contributed by atoms with Crippen LogP contribution in [0, 0.1) is 5.92 Å². The molecule has 1 aromatic carbocycles. The smallest absolute Gasteiger partial charge is 0.239 e. The van der Waals surface area contributed by atoms with Crippen LogP contribution < -0.4 is 10.6 Å². The maximum Gasteiger partial charge on any atom is 0.239 e.